The van der Waals surface area contributed by atoms with Crippen molar-refractivity contribution in [1.82, 2.24) is 0 Å². The standard InChI is InChI=1S/C10H11Cl2NO4/c11-3-7(14)9(15)5-1-4(12)2-6(8(5)13)10(16)17/h1-2,7,9,14-15H,3,13H2,(H,16,17). The molecule has 0 spiro atoms. The van der Waals surface area contributed by atoms with E-state index in [1.165, 1.54) is 12.1 Å². The van der Waals surface area contributed by atoms with Crippen LogP contribution in [0.25, 0.3) is 0 Å². The van der Waals surface area contributed by atoms with Crippen LogP contribution in [0.5, 0.6) is 0 Å². The van der Waals surface area contributed by atoms with E-state index < -0.39 is 18.2 Å². The maximum absolute atomic E-state index is 10.9. The van der Waals surface area contributed by atoms with Gasteiger partial charge in [0.2, 0.25) is 0 Å². The first-order valence-electron chi connectivity index (χ1n) is 4.62. The number of hydrogen-bond donors (Lipinski definition) is 4. The number of carbonyl (C=O) groups is 1. The van der Waals surface area contributed by atoms with Crippen LogP contribution >= 0.6 is 23.2 Å². The second-order valence-corrected chi connectivity index (χ2v) is 4.17. The summed E-state index contributed by atoms with van der Waals surface area (Å²) in [4.78, 5) is 10.9. The lowest BCUT2D eigenvalue weighted by Crippen LogP contribution is -2.21. The molecule has 1 rings (SSSR count). The van der Waals surface area contributed by atoms with Crippen LogP contribution in [0.15, 0.2) is 12.1 Å². The molecule has 1 aromatic rings. The van der Waals surface area contributed by atoms with E-state index >= 15 is 0 Å². The fourth-order valence-electron chi connectivity index (χ4n) is 1.35. The van der Waals surface area contributed by atoms with Crippen LogP contribution in [0.3, 0.4) is 0 Å². The smallest absolute Gasteiger partial charge is 0.337 e. The highest BCUT2D eigenvalue weighted by Crippen LogP contribution is 2.30. The average Bonchev–Trinajstić information content (AvgIpc) is 2.29. The first-order valence-corrected chi connectivity index (χ1v) is 5.54. The minimum atomic E-state index is -1.38. The molecule has 5 nitrogen and oxygen atoms in total. The minimum absolute atomic E-state index is 0.0445. The van der Waals surface area contributed by atoms with Gasteiger partial charge < -0.3 is 21.1 Å². The maximum atomic E-state index is 10.9. The number of aliphatic hydroxyl groups excluding tert-OH is 2. The van der Waals surface area contributed by atoms with Crippen molar-refractivity contribution in [3.63, 3.8) is 0 Å². The molecule has 0 bridgehead atoms. The van der Waals surface area contributed by atoms with Gasteiger partial charge >= 0.3 is 5.97 Å². The summed E-state index contributed by atoms with van der Waals surface area (Å²) in [5.74, 6) is -1.48. The number of aliphatic hydroxyl groups is 2. The molecule has 2 unspecified atom stereocenters. The molecule has 0 heterocycles. The zero-order valence-corrected chi connectivity index (χ0v) is 10.1. The highest BCUT2D eigenvalue weighted by Gasteiger charge is 2.23. The Hall–Kier alpha value is -1.01. The van der Waals surface area contributed by atoms with Crippen LogP contribution in [-0.4, -0.2) is 33.3 Å². The highest BCUT2D eigenvalue weighted by molar-refractivity contribution is 6.31. The molecule has 0 fully saturated rings. The lowest BCUT2D eigenvalue weighted by atomic mass is 10.00. The molecule has 0 saturated carbocycles. The molecule has 7 heteroatoms. The first kappa shape index (κ1) is 14.1. The van der Waals surface area contributed by atoms with E-state index in [0.29, 0.717) is 0 Å². The number of carboxylic acid groups (broad SMARTS) is 1. The molecule has 0 saturated heterocycles. The van der Waals surface area contributed by atoms with Gasteiger partial charge in [0, 0.05) is 10.6 Å². The third kappa shape index (κ3) is 3.01. The van der Waals surface area contributed by atoms with Gasteiger partial charge in [-0.25, -0.2) is 4.79 Å². The Morgan fingerprint density at radius 3 is 2.47 bits per heavy atom. The third-order valence-corrected chi connectivity index (χ3v) is 2.78. The van der Waals surface area contributed by atoms with Crippen molar-refractivity contribution >= 4 is 34.9 Å². The van der Waals surface area contributed by atoms with E-state index in [4.69, 9.17) is 34.0 Å². The Kier molecular flexibility index (Phi) is 4.59. The van der Waals surface area contributed by atoms with Crippen LogP contribution in [0.2, 0.25) is 5.02 Å². The lowest BCUT2D eigenvalue weighted by molar-refractivity contribution is 0.0331. The average molecular weight is 280 g/mol. The van der Waals surface area contributed by atoms with Crippen molar-refractivity contribution in [2.45, 2.75) is 12.2 Å². The molecule has 17 heavy (non-hydrogen) atoms. The van der Waals surface area contributed by atoms with Crippen molar-refractivity contribution in [2.24, 2.45) is 0 Å². The van der Waals surface area contributed by atoms with Crippen molar-refractivity contribution in [3.8, 4) is 0 Å². The van der Waals surface area contributed by atoms with Gasteiger partial charge in [-0.15, -0.1) is 11.6 Å². The molecule has 2 atom stereocenters. The van der Waals surface area contributed by atoms with Crippen molar-refractivity contribution in [1.29, 1.82) is 0 Å². The number of halogens is 2. The molecule has 94 valence electrons. The second-order valence-electron chi connectivity index (χ2n) is 3.43. The van der Waals surface area contributed by atoms with Gasteiger partial charge in [-0.2, -0.15) is 0 Å². The Labute approximate surface area is 107 Å². The van der Waals surface area contributed by atoms with E-state index in [1.54, 1.807) is 0 Å². The summed E-state index contributed by atoms with van der Waals surface area (Å²) in [6.45, 7) is 0. The minimum Gasteiger partial charge on any atom is -0.478 e. The molecule has 0 aromatic heterocycles. The molecule has 1 aromatic carbocycles. The van der Waals surface area contributed by atoms with Crippen LogP contribution in [0.1, 0.15) is 22.0 Å². The summed E-state index contributed by atoms with van der Waals surface area (Å²) < 4.78 is 0. The zero-order chi connectivity index (χ0) is 13.2. The van der Waals surface area contributed by atoms with Crippen molar-refractivity contribution in [3.05, 3.63) is 28.3 Å². The summed E-state index contributed by atoms with van der Waals surface area (Å²) in [5, 5.41) is 28.1. The van der Waals surface area contributed by atoms with Gasteiger partial charge in [-0.1, -0.05) is 11.6 Å². The summed E-state index contributed by atoms with van der Waals surface area (Å²) in [5.41, 5.74) is 5.27. The van der Waals surface area contributed by atoms with Gasteiger partial charge in [0.25, 0.3) is 0 Å². The third-order valence-electron chi connectivity index (χ3n) is 2.25. The Bertz CT molecular complexity index is 439. The molecule has 0 radical (unpaired) electrons. The van der Waals surface area contributed by atoms with Crippen LogP contribution < -0.4 is 5.73 Å². The van der Waals surface area contributed by atoms with Gasteiger partial charge in [0.05, 0.1) is 23.2 Å². The number of carboxylic acids is 1. The topological polar surface area (TPSA) is 104 Å². The predicted molar refractivity (Wildman–Crippen MR) is 64.5 cm³/mol. The van der Waals surface area contributed by atoms with Crippen LogP contribution in [-0.2, 0) is 0 Å². The van der Waals surface area contributed by atoms with E-state index in [0.717, 1.165) is 0 Å². The number of nitrogen functional groups attached to an aromatic ring is 1. The van der Waals surface area contributed by atoms with E-state index in [9.17, 15) is 15.0 Å². The molecule has 0 aliphatic rings. The first-order chi connectivity index (χ1) is 7.88. The number of rotatable bonds is 4. The Morgan fingerprint density at radius 2 is 2.00 bits per heavy atom. The maximum Gasteiger partial charge on any atom is 0.337 e. The van der Waals surface area contributed by atoms with Crippen LogP contribution in [0.4, 0.5) is 5.69 Å². The normalized spacial score (nSPS) is 14.4. The quantitative estimate of drug-likeness (QED) is 0.491. The number of benzene rings is 1. The largest absolute Gasteiger partial charge is 0.478 e. The molecule has 0 amide bonds. The van der Waals surface area contributed by atoms with Crippen molar-refractivity contribution < 1.29 is 20.1 Å². The van der Waals surface area contributed by atoms with Crippen molar-refractivity contribution in [2.75, 3.05) is 11.6 Å². The molecular formula is C10H11Cl2NO4. The van der Waals surface area contributed by atoms with Crippen LogP contribution in [0, 0.1) is 0 Å². The summed E-state index contributed by atoms with van der Waals surface area (Å²) in [7, 11) is 0. The van der Waals surface area contributed by atoms with Gasteiger partial charge in [-0.05, 0) is 12.1 Å². The Morgan fingerprint density at radius 1 is 1.41 bits per heavy atom. The SMILES string of the molecule is Nc1c(C(=O)O)cc(Cl)cc1C(O)C(O)CCl. The lowest BCUT2D eigenvalue weighted by Gasteiger charge is -2.19. The van der Waals surface area contributed by atoms with E-state index in [2.05, 4.69) is 0 Å². The number of hydrogen-bond acceptors (Lipinski definition) is 4. The zero-order valence-electron chi connectivity index (χ0n) is 8.60. The summed E-state index contributed by atoms with van der Waals surface area (Å²) >= 11 is 11.1. The van der Waals surface area contributed by atoms with Gasteiger partial charge in [0.15, 0.2) is 0 Å². The Balaban J connectivity index is 3.29. The second kappa shape index (κ2) is 5.55. The number of nitrogens with two attached hydrogens (primary N) is 1. The number of anilines is 1. The molecule has 0 aliphatic carbocycles. The number of aromatic carboxylic acids is 1. The summed E-state index contributed by atoms with van der Waals surface area (Å²) in [6.07, 6.45) is -2.64. The fraction of sp³-hybridized carbons (Fsp3) is 0.300. The van der Waals surface area contributed by atoms with E-state index in [1.807, 2.05) is 0 Å². The van der Waals surface area contributed by atoms with Gasteiger partial charge in [-0.3, -0.25) is 0 Å². The molecule has 0 aliphatic heterocycles. The molecular weight excluding hydrogens is 269 g/mol. The highest BCUT2D eigenvalue weighted by atomic mass is 35.5. The van der Waals surface area contributed by atoms with Gasteiger partial charge in [0.1, 0.15) is 6.10 Å². The predicted octanol–water partition coefficient (Wildman–Crippen LogP) is 1.25. The molecule has 5 N–H and O–H groups in total. The monoisotopic (exact) mass is 279 g/mol. The van der Waals surface area contributed by atoms with E-state index in [-0.39, 0.29) is 27.7 Å². The fourth-order valence-corrected chi connectivity index (χ4v) is 1.75. The number of alkyl halides is 1. The summed E-state index contributed by atoms with van der Waals surface area (Å²) in [6, 6.07) is 2.46.